The Morgan fingerprint density at radius 3 is 2.81 bits per heavy atom. The Bertz CT molecular complexity index is 839. The highest BCUT2D eigenvalue weighted by Crippen LogP contribution is 2.18. The third-order valence-corrected chi connectivity index (χ3v) is 3.70. The second-order valence-corrected chi connectivity index (χ2v) is 5.35. The molecule has 2 N–H and O–H groups in total. The first-order chi connectivity index (χ1) is 10.1. The van der Waals surface area contributed by atoms with Crippen LogP contribution in [0.5, 0.6) is 0 Å². The van der Waals surface area contributed by atoms with E-state index in [9.17, 15) is 4.39 Å². The molecule has 3 rings (SSSR count). The smallest absolute Gasteiger partial charge is 0.133 e. The molecule has 2 aromatic carbocycles. The lowest BCUT2D eigenvalue weighted by Gasteiger charge is -2.09. The number of aromatic nitrogens is 2. The van der Waals surface area contributed by atoms with Gasteiger partial charge in [-0.15, -0.1) is 0 Å². The van der Waals surface area contributed by atoms with Crippen molar-refractivity contribution in [2.45, 2.75) is 13.5 Å². The molecule has 0 fully saturated rings. The highest BCUT2D eigenvalue weighted by molar-refractivity contribution is 7.80. The molecule has 3 aromatic rings. The number of aryl methyl sites for hydroxylation is 1. The van der Waals surface area contributed by atoms with Crippen LogP contribution in [0.1, 0.15) is 17.0 Å². The number of hydrogen-bond acceptors (Lipinski definition) is 2. The molecule has 106 valence electrons. The zero-order valence-corrected chi connectivity index (χ0v) is 12.3. The zero-order chi connectivity index (χ0) is 15.0. The van der Waals surface area contributed by atoms with Gasteiger partial charge in [0.2, 0.25) is 0 Å². The second kappa shape index (κ2) is 5.26. The van der Waals surface area contributed by atoms with Crippen LogP contribution in [0.4, 0.5) is 4.39 Å². The second-order valence-electron chi connectivity index (χ2n) is 4.91. The van der Waals surface area contributed by atoms with Crippen molar-refractivity contribution in [3.8, 4) is 0 Å². The quantitative estimate of drug-likeness (QED) is 0.756. The van der Waals surface area contributed by atoms with Crippen molar-refractivity contribution in [2.24, 2.45) is 5.73 Å². The molecule has 0 atom stereocenters. The van der Waals surface area contributed by atoms with Crippen LogP contribution < -0.4 is 5.73 Å². The van der Waals surface area contributed by atoms with E-state index in [4.69, 9.17) is 18.0 Å². The molecule has 0 aliphatic carbocycles. The van der Waals surface area contributed by atoms with E-state index in [2.05, 4.69) is 9.55 Å². The largest absolute Gasteiger partial charge is 0.389 e. The van der Waals surface area contributed by atoms with E-state index in [1.165, 1.54) is 6.07 Å². The molecule has 0 aliphatic heterocycles. The third-order valence-electron chi connectivity index (χ3n) is 3.48. The first kappa shape index (κ1) is 13.7. The minimum atomic E-state index is -0.390. The molecule has 1 aromatic heterocycles. The van der Waals surface area contributed by atoms with Gasteiger partial charge in [-0.25, -0.2) is 9.37 Å². The summed E-state index contributed by atoms with van der Waals surface area (Å²) in [6.07, 6.45) is 0. The fourth-order valence-electron chi connectivity index (χ4n) is 2.44. The van der Waals surface area contributed by atoms with Gasteiger partial charge in [0.15, 0.2) is 0 Å². The number of halogens is 1. The molecule has 3 nitrogen and oxygen atoms in total. The van der Waals surface area contributed by atoms with Crippen LogP contribution in [-0.2, 0) is 6.54 Å². The number of fused-ring (bicyclic) bond motifs is 1. The van der Waals surface area contributed by atoms with Gasteiger partial charge in [0.1, 0.15) is 16.6 Å². The fraction of sp³-hybridized carbons (Fsp3) is 0.125. The predicted molar refractivity (Wildman–Crippen MR) is 85.9 cm³/mol. The molecule has 1 heterocycles. The first-order valence-corrected chi connectivity index (χ1v) is 6.97. The van der Waals surface area contributed by atoms with Crippen molar-refractivity contribution in [2.75, 3.05) is 0 Å². The summed E-state index contributed by atoms with van der Waals surface area (Å²) in [5.41, 5.74) is 8.77. The summed E-state index contributed by atoms with van der Waals surface area (Å²) in [5.74, 6) is 0.524. The van der Waals surface area contributed by atoms with E-state index in [1.807, 2.05) is 31.2 Å². The Morgan fingerprint density at radius 1 is 1.29 bits per heavy atom. The fourth-order valence-corrected chi connectivity index (χ4v) is 2.59. The Balaban J connectivity index is 2.05. The van der Waals surface area contributed by atoms with Gasteiger partial charge in [0, 0.05) is 12.1 Å². The lowest BCUT2D eigenvalue weighted by molar-refractivity contribution is 0.624. The molecule has 21 heavy (non-hydrogen) atoms. The van der Waals surface area contributed by atoms with Gasteiger partial charge in [-0.05, 0) is 36.8 Å². The number of benzene rings is 2. The molecule has 0 unspecified atom stereocenters. The van der Waals surface area contributed by atoms with Crippen LogP contribution >= 0.6 is 12.2 Å². The van der Waals surface area contributed by atoms with Gasteiger partial charge >= 0.3 is 0 Å². The van der Waals surface area contributed by atoms with Crippen LogP contribution in [0.15, 0.2) is 42.5 Å². The number of nitrogens with two attached hydrogens (primary N) is 1. The maximum absolute atomic E-state index is 13.6. The first-order valence-electron chi connectivity index (χ1n) is 6.56. The Labute approximate surface area is 127 Å². The summed E-state index contributed by atoms with van der Waals surface area (Å²) in [5, 5.41) is 0. The van der Waals surface area contributed by atoms with E-state index in [1.54, 1.807) is 12.1 Å². The summed E-state index contributed by atoms with van der Waals surface area (Å²) in [6, 6.07) is 12.8. The minimum Gasteiger partial charge on any atom is -0.389 e. The predicted octanol–water partition coefficient (Wildman–Crippen LogP) is 3.17. The van der Waals surface area contributed by atoms with Crippen molar-refractivity contribution in [3.63, 3.8) is 0 Å². The summed E-state index contributed by atoms with van der Waals surface area (Å²) < 4.78 is 15.7. The molecular weight excluding hydrogens is 285 g/mol. The standard InChI is InChI=1S/C16H14FN3S/c1-10-19-14-4-2-3-5-15(14)20(10)9-11-6-7-13(17)12(8-11)16(18)21/h2-8H,9H2,1H3,(H2,18,21). The van der Waals surface area contributed by atoms with Crippen LogP contribution in [0.3, 0.4) is 0 Å². The monoisotopic (exact) mass is 299 g/mol. The molecule has 0 spiro atoms. The van der Waals surface area contributed by atoms with Gasteiger partial charge in [0.05, 0.1) is 11.0 Å². The molecule has 0 bridgehead atoms. The molecule has 0 saturated heterocycles. The summed E-state index contributed by atoms with van der Waals surface area (Å²) >= 11 is 4.88. The average molecular weight is 299 g/mol. The van der Waals surface area contributed by atoms with Gasteiger partial charge < -0.3 is 10.3 Å². The number of hydrogen-bond donors (Lipinski definition) is 1. The van der Waals surface area contributed by atoms with E-state index in [0.717, 1.165) is 22.4 Å². The van der Waals surface area contributed by atoms with Crippen LogP contribution in [0, 0.1) is 12.7 Å². The Hall–Kier alpha value is -2.27. The maximum atomic E-state index is 13.6. The number of thiocarbonyl (C=S) groups is 1. The van der Waals surface area contributed by atoms with E-state index >= 15 is 0 Å². The lowest BCUT2D eigenvalue weighted by Crippen LogP contribution is -2.13. The molecule has 5 heteroatoms. The molecule has 0 radical (unpaired) electrons. The maximum Gasteiger partial charge on any atom is 0.133 e. The van der Waals surface area contributed by atoms with Crippen molar-refractivity contribution in [1.29, 1.82) is 0 Å². The highest BCUT2D eigenvalue weighted by Gasteiger charge is 2.10. The van der Waals surface area contributed by atoms with Crippen molar-refractivity contribution in [1.82, 2.24) is 9.55 Å². The van der Waals surface area contributed by atoms with Gasteiger partial charge in [-0.3, -0.25) is 0 Å². The zero-order valence-electron chi connectivity index (χ0n) is 11.5. The van der Waals surface area contributed by atoms with Gasteiger partial charge in [-0.1, -0.05) is 30.4 Å². The molecule has 0 saturated carbocycles. The number of imidazole rings is 1. The van der Waals surface area contributed by atoms with Crippen LogP contribution in [0.2, 0.25) is 0 Å². The van der Waals surface area contributed by atoms with E-state index < -0.39 is 5.82 Å². The van der Waals surface area contributed by atoms with Crippen LogP contribution in [0.25, 0.3) is 11.0 Å². The van der Waals surface area contributed by atoms with Gasteiger partial charge in [0.25, 0.3) is 0 Å². The van der Waals surface area contributed by atoms with Crippen molar-refractivity contribution in [3.05, 3.63) is 65.2 Å². The van der Waals surface area contributed by atoms with E-state index in [0.29, 0.717) is 6.54 Å². The topological polar surface area (TPSA) is 43.8 Å². The van der Waals surface area contributed by atoms with Crippen LogP contribution in [-0.4, -0.2) is 14.5 Å². The third kappa shape index (κ3) is 2.52. The Morgan fingerprint density at radius 2 is 2.05 bits per heavy atom. The molecule has 0 aliphatic rings. The Kier molecular flexibility index (Phi) is 3.43. The highest BCUT2D eigenvalue weighted by atomic mass is 32.1. The summed E-state index contributed by atoms with van der Waals surface area (Å²) in [7, 11) is 0. The van der Waals surface area contributed by atoms with E-state index in [-0.39, 0.29) is 10.6 Å². The number of para-hydroxylation sites is 2. The SMILES string of the molecule is Cc1nc2ccccc2n1Cc1ccc(F)c(C(N)=S)c1. The normalized spacial score (nSPS) is 11.0. The minimum absolute atomic E-state index is 0.0709. The lowest BCUT2D eigenvalue weighted by atomic mass is 10.1. The summed E-state index contributed by atoms with van der Waals surface area (Å²) in [4.78, 5) is 4.59. The van der Waals surface area contributed by atoms with Crippen molar-refractivity contribution < 1.29 is 4.39 Å². The molecular formula is C16H14FN3S. The average Bonchev–Trinajstić information content (AvgIpc) is 2.77. The number of rotatable bonds is 3. The summed E-state index contributed by atoms with van der Waals surface area (Å²) in [6.45, 7) is 2.56. The molecule has 0 amide bonds. The van der Waals surface area contributed by atoms with Crippen molar-refractivity contribution >= 4 is 28.2 Å². The van der Waals surface area contributed by atoms with Gasteiger partial charge in [-0.2, -0.15) is 0 Å². The number of nitrogens with zero attached hydrogens (tertiary/aromatic N) is 2.